The van der Waals surface area contributed by atoms with Crippen molar-refractivity contribution < 1.29 is 21.9 Å². The number of hydrogen-bond acceptors (Lipinski definition) is 7. The second-order valence-electron chi connectivity index (χ2n) is 8.02. The molecule has 1 aliphatic heterocycles. The average Bonchev–Trinajstić information content (AvgIpc) is 3.21. The van der Waals surface area contributed by atoms with Crippen LogP contribution >= 0.6 is 0 Å². The molecule has 35 heavy (non-hydrogen) atoms. The fraction of sp³-hybridized carbons (Fsp3) is 0.261. The van der Waals surface area contributed by atoms with Crippen LogP contribution in [-0.2, 0) is 10.0 Å². The maximum atomic E-state index is 13.7. The van der Waals surface area contributed by atoms with Crippen molar-refractivity contribution in [2.45, 2.75) is 11.3 Å². The Kier molecular flexibility index (Phi) is 6.07. The van der Waals surface area contributed by atoms with E-state index in [0.717, 1.165) is 40.9 Å². The first-order chi connectivity index (χ1) is 16.9. The highest BCUT2D eigenvalue weighted by Crippen LogP contribution is 2.32. The molecule has 4 aromatic rings. The number of anilines is 1. The fourth-order valence-electron chi connectivity index (χ4n) is 4.18. The van der Waals surface area contributed by atoms with Gasteiger partial charge in [0.1, 0.15) is 17.9 Å². The van der Waals surface area contributed by atoms with Crippen LogP contribution in [0.4, 0.5) is 14.6 Å². The van der Waals surface area contributed by atoms with Crippen LogP contribution in [0.2, 0.25) is 0 Å². The third kappa shape index (κ3) is 4.30. The lowest BCUT2D eigenvalue weighted by Gasteiger charge is -2.26. The van der Waals surface area contributed by atoms with Gasteiger partial charge < -0.3 is 9.64 Å². The van der Waals surface area contributed by atoms with Gasteiger partial charge in [-0.25, -0.2) is 22.2 Å². The number of rotatable bonds is 5. The van der Waals surface area contributed by atoms with E-state index in [2.05, 4.69) is 15.1 Å². The van der Waals surface area contributed by atoms with E-state index in [9.17, 15) is 17.2 Å². The predicted molar refractivity (Wildman–Crippen MR) is 125 cm³/mol. The molecule has 0 bridgehead atoms. The Morgan fingerprint density at radius 2 is 1.74 bits per heavy atom. The summed E-state index contributed by atoms with van der Waals surface area (Å²) in [7, 11) is -2.39. The molecule has 0 unspecified atom stereocenters. The topological polar surface area (TPSA) is 92.9 Å². The number of benzene rings is 2. The summed E-state index contributed by atoms with van der Waals surface area (Å²) in [6.45, 7) is 1.29. The van der Waals surface area contributed by atoms with Crippen molar-refractivity contribution in [3.05, 3.63) is 66.6 Å². The standard InChI is InChI=1S/C23H22F2N6O3S/c1-34-17-5-3-16(4-6-17)19-14-26-23-27-15-28-31(23)22(19)29-9-2-10-30(12-11-29)35(32,33)18-7-8-20(24)21(25)13-18/h3-8,13-15H,2,9-12H2,1H3. The van der Waals surface area contributed by atoms with Gasteiger partial charge >= 0.3 is 0 Å². The van der Waals surface area contributed by atoms with E-state index in [-0.39, 0.29) is 18.0 Å². The monoisotopic (exact) mass is 500 g/mol. The molecule has 0 saturated carbocycles. The second kappa shape index (κ2) is 9.19. The van der Waals surface area contributed by atoms with E-state index in [1.165, 1.54) is 10.6 Å². The zero-order valence-corrected chi connectivity index (χ0v) is 19.6. The van der Waals surface area contributed by atoms with Crippen molar-refractivity contribution in [2.24, 2.45) is 0 Å². The molecule has 1 fully saturated rings. The van der Waals surface area contributed by atoms with Gasteiger partial charge in [-0.3, -0.25) is 0 Å². The summed E-state index contributed by atoms with van der Waals surface area (Å²) in [6.07, 6.45) is 3.66. The summed E-state index contributed by atoms with van der Waals surface area (Å²) in [6, 6.07) is 10.2. The van der Waals surface area contributed by atoms with Crippen LogP contribution in [0.3, 0.4) is 0 Å². The molecular weight excluding hydrogens is 478 g/mol. The molecule has 0 radical (unpaired) electrons. The zero-order chi connectivity index (χ0) is 24.6. The molecule has 0 aliphatic carbocycles. The van der Waals surface area contributed by atoms with E-state index in [1.807, 2.05) is 29.2 Å². The molecule has 0 spiro atoms. The van der Waals surface area contributed by atoms with Crippen molar-refractivity contribution in [1.29, 1.82) is 0 Å². The van der Waals surface area contributed by atoms with E-state index in [1.54, 1.807) is 17.8 Å². The van der Waals surface area contributed by atoms with Gasteiger partial charge in [0.2, 0.25) is 10.0 Å². The number of sulfonamides is 1. The van der Waals surface area contributed by atoms with Crippen LogP contribution in [0.5, 0.6) is 5.75 Å². The van der Waals surface area contributed by atoms with Gasteiger partial charge in [0, 0.05) is 37.9 Å². The number of aromatic nitrogens is 4. The highest BCUT2D eigenvalue weighted by Gasteiger charge is 2.29. The van der Waals surface area contributed by atoms with Crippen LogP contribution in [0.25, 0.3) is 16.9 Å². The van der Waals surface area contributed by atoms with Crippen molar-refractivity contribution in [3.63, 3.8) is 0 Å². The molecule has 2 aromatic heterocycles. The Balaban J connectivity index is 1.48. The van der Waals surface area contributed by atoms with Gasteiger partial charge in [0.05, 0.1) is 12.0 Å². The number of halogens is 2. The third-order valence-electron chi connectivity index (χ3n) is 5.96. The Bertz CT molecular complexity index is 1480. The zero-order valence-electron chi connectivity index (χ0n) is 18.8. The normalized spacial score (nSPS) is 15.3. The van der Waals surface area contributed by atoms with Gasteiger partial charge in [-0.2, -0.15) is 18.9 Å². The lowest BCUT2D eigenvalue weighted by atomic mass is 10.1. The Morgan fingerprint density at radius 1 is 0.943 bits per heavy atom. The molecule has 0 atom stereocenters. The summed E-state index contributed by atoms with van der Waals surface area (Å²) in [5.41, 5.74) is 1.70. The Morgan fingerprint density at radius 3 is 2.49 bits per heavy atom. The van der Waals surface area contributed by atoms with Gasteiger partial charge in [-0.05, 0) is 42.3 Å². The number of ether oxygens (including phenoxy) is 1. The molecule has 0 N–H and O–H groups in total. The summed E-state index contributed by atoms with van der Waals surface area (Å²) in [5, 5.41) is 4.35. The van der Waals surface area contributed by atoms with Gasteiger partial charge in [-0.15, -0.1) is 0 Å². The summed E-state index contributed by atoms with van der Waals surface area (Å²) in [5.74, 6) is -0.404. The van der Waals surface area contributed by atoms with E-state index in [4.69, 9.17) is 4.74 Å². The Labute approximate surface area is 200 Å². The molecule has 1 aliphatic rings. The highest BCUT2D eigenvalue weighted by atomic mass is 32.2. The fourth-order valence-corrected chi connectivity index (χ4v) is 5.66. The molecule has 1 saturated heterocycles. The molecule has 12 heteroatoms. The highest BCUT2D eigenvalue weighted by molar-refractivity contribution is 7.89. The predicted octanol–water partition coefficient (Wildman–Crippen LogP) is 2.98. The summed E-state index contributed by atoms with van der Waals surface area (Å²) < 4.78 is 61.5. The molecule has 5 rings (SSSR count). The summed E-state index contributed by atoms with van der Waals surface area (Å²) in [4.78, 5) is 10.4. The minimum atomic E-state index is -3.99. The summed E-state index contributed by atoms with van der Waals surface area (Å²) >= 11 is 0. The maximum Gasteiger partial charge on any atom is 0.254 e. The molecule has 3 heterocycles. The first-order valence-corrected chi connectivity index (χ1v) is 12.4. The van der Waals surface area contributed by atoms with Crippen LogP contribution in [0.15, 0.2) is 59.9 Å². The number of fused-ring (bicyclic) bond motifs is 1. The first kappa shape index (κ1) is 23.1. The smallest absolute Gasteiger partial charge is 0.254 e. The maximum absolute atomic E-state index is 13.7. The molecule has 9 nitrogen and oxygen atoms in total. The third-order valence-corrected chi connectivity index (χ3v) is 7.86. The molecule has 0 amide bonds. The van der Waals surface area contributed by atoms with Crippen molar-refractivity contribution in [2.75, 3.05) is 38.2 Å². The lowest BCUT2D eigenvalue weighted by molar-refractivity contribution is 0.415. The van der Waals surface area contributed by atoms with Gasteiger partial charge in [-0.1, -0.05) is 12.1 Å². The lowest BCUT2D eigenvalue weighted by Crippen LogP contribution is -2.36. The first-order valence-electron chi connectivity index (χ1n) is 10.9. The number of methoxy groups -OCH3 is 1. The molecule has 2 aromatic carbocycles. The number of nitrogens with zero attached hydrogens (tertiary/aromatic N) is 6. The largest absolute Gasteiger partial charge is 0.497 e. The van der Waals surface area contributed by atoms with E-state index >= 15 is 0 Å². The van der Waals surface area contributed by atoms with Gasteiger partial charge in [0.25, 0.3) is 5.78 Å². The van der Waals surface area contributed by atoms with Crippen molar-refractivity contribution >= 4 is 21.6 Å². The van der Waals surface area contributed by atoms with E-state index in [0.29, 0.717) is 25.3 Å². The van der Waals surface area contributed by atoms with Crippen LogP contribution in [0.1, 0.15) is 6.42 Å². The quantitative estimate of drug-likeness (QED) is 0.416. The minimum Gasteiger partial charge on any atom is -0.497 e. The average molecular weight is 501 g/mol. The van der Waals surface area contributed by atoms with Crippen LogP contribution in [-0.4, -0.2) is 65.6 Å². The van der Waals surface area contributed by atoms with Crippen LogP contribution < -0.4 is 9.64 Å². The minimum absolute atomic E-state index is 0.155. The van der Waals surface area contributed by atoms with Crippen LogP contribution in [0, 0.1) is 11.6 Å². The Hall–Kier alpha value is -3.64. The molecule has 182 valence electrons. The van der Waals surface area contributed by atoms with Gasteiger partial charge in [0.15, 0.2) is 11.6 Å². The van der Waals surface area contributed by atoms with Crippen molar-refractivity contribution in [3.8, 4) is 16.9 Å². The molecular formula is C23H22F2N6O3S. The second-order valence-corrected chi connectivity index (χ2v) is 9.95. The van der Waals surface area contributed by atoms with E-state index < -0.39 is 21.7 Å². The SMILES string of the molecule is COc1ccc(-c2cnc3ncnn3c2N2CCCN(S(=O)(=O)c3ccc(F)c(F)c3)CC2)cc1. The number of hydrogen-bond donors (Lipinski definition) is 0. The van der Waals surface area contributed by atoms with Crippen molar-refractivity contribution in [1.82, 2.24) is 23.9 Å².